The number of nitro groups is 1. The minimum Gasteiger partial charge on any atom is -0.354 e. The molecule has 0 radical (unpaired) electrons. The summed E-state index contributed by atoms with van der Waals surface area (Å²) in [5.74, 6) is 0. The predicted octanol–water partition coefficient (Wildman–Crippen LogP) is 5.30. The van der Waals surface area contributed by atoms with Crippen molar-refractivity contribution in [1.29, 1.82) is 0 Å². The molecule has 0 fully saturated rings. The van der Waals surface area contributed by atoms with Crippen LogP contribution in [0, 0.1) is 10.1 Å². The number of nitrogens with zero attached hydrogens (tertiary/aromatic N) is 2. The molecule has 0 saturated carbocycles. The largest absolute Gasteiger partial charge is 0.354 e. The first-order chi connectivity index (χ1) is 10.5. The monoisotopic (exact) mass is 377 g/mol. The van der Waals surface area contributed by atoms with Crippen molar-refractivity contribution < 1.29 is 4.92 Å². The second-order valence-electron chi connectivity index (χ2n) is 4.57. The summed E-state index contributed by atoms with van der Waals surface area (Å²) in [6.45, 7) is 0. The van der Waals surface area contributed by atoms with Gasteiger partial charge in [-0.3, -0.25) is 15.1 Å². The molecule has 0 spiro atoms. The number of anilines is 2. The summed E-state index contributed by atoms with van der Waals surface area (Å²) < 4.78 is 0.943. The Bertz CT molecular complexity index is 886. The molecule has 0 aliphatic rings. The fourth-order valence-electron chi connectivity index (χ4n) is 2.09. The van der Waals surface area contributed by atoms with Crippen molar-refractivity contribution in [3.8, 4) is 0 Å². The summed E-state index contributed by atoms with van der Waals surface area (Å²) in [7, 11) is 0. The molecule has 1 aromatic heterocycles. The molecule has 0 saturated heterocycles. The SMILES string of the molecule is O=[N+]([O-])c1ccc(Nc2ccnc3cc(Br)ccc23)c(Cl)c1. The summed E-state index contributed by atoms with van der Waals surface area (Å²) in [6.07, 6.45) is 1.69. The Balaban J connectivity index is 2.02. The Morgan fingerprint density at radius 2 is 1.95 bits per heavy atom. The highest BCUT2D eigenvalue weighted by Crippen LogP contribution is 2.32. The molecule has 3 rings (SSSR count). The Kier molecular flexibility index (Phi) is 3.96. The second-order valence-corrected chi connectivity index (χ2v) is 5.89. The maximum atomic E-state index is 10.7. The number of benzene rings is 2. The van der Waals surface area contributed by atoms with E-state index in [1.54, 1.807) is 12.3 Å². The first-order valence-electron chi connectivity index (χ1n) is 6.30. The van der Waals surface area contributed by atoms with Crippen LogP contribution in [-0.4, -0.2) is 9.91 Å². The second kappa shape index (κ2) is 5.90. The number of hydrogen-bond donors (Lipinski definition) is 1. The summed E-state index contributed by atoms with van der Waals surface area (Å²) in [4.78, 5) is 14.6. The van der Waals surface area contributed by atoms with Gasteiger partial charge in [0.15, 0.2) is 0 Å². The highest BCUT2D eigenvalue weighted by atomic mass is 79.9. The molecule has 0 unspecified atom stereocenters. The van der Waals surface area contributed by atoms with E-state index in [4.69, 9.17) is 11.6 Å². The predicted molar refractivity (Wildman–Crippen MR) is 90.8 cm³/mol. The first kappa shape index (κ1) is 14.7. The summed E-state index contributed by atoms with van der Waals surface area (Å²) >= 11 is 9.52. The summed E-state index contributed by atoms with van der Waals surface area (Å²) in [6, 6.07) is 11.9. The third kappa shape index (κ3) is 2.88. The summed E-state index contributed by atoms with van der Waals surface area (Å²) in [5.41, 5.74) is 2.22. The highest BCUT2D eigenvalue weighted by Gasteiger charge is 2.10. The lowest BCUT2D eigenvalue weighted by Gasteiger charge is -2.11. The Morgan fingerprint density at radius 1 is 1.14 bits per heavy atom. The van der Waals surface area contributed by atoms with Gasteiger partial charge in [0.2, 0.25) is 0 Å². The van der Waals surface area contributed by atoms with E-state index >= 15 is 0 Å². The zero-order valence-corrected chi connectivity index (χ0v) is 13.4. The van der Waals surface area contributed by atoms with Crippen LogP contribution in [0.25, 0.3) is 10.9 Å². The number of aromatic nitrogens is 1. The van der Waals surface area contributed by atoms with Gasteiger partial charge in [-0.1, -0.05) is 27.5 Å². The van der Waals surface area contributed by atoms with Crippen molar-refractivity contribution in [3.05, 3.63) is 68.3 Å². The molecule has 3 aromatic rings. The van der Waals surface area contributed by atoms with E-state index in [2.05, 4.69) is 26.2 Å². The van der Waals surface area contributed by atoms with Gasteiger partial charge in [-0.25, -0.2) is 0 Å². The van der Waals surface area contributed by atoms with E-state index in [9.17, 15) is 10.1 Å². The Morgan fingerprint density at radius 3 is 2.68 bits per heavy atom. The standard InChI is InChI=1S/C15H9BrClN3O2/c16-9-1-3-11-13(5-6-18-15(11)7-9)19-14-4-2-10(20(21)22)8-12(14)17/h1-8H,(H,18,19). The van der Waals surface area contributed by atoms with Crippen molar-refractivity contribution in [2.45, 2.75) is 0 Å². The number of hydrogen-bond acceptors (Lipinski definition) is 4. The molecule has 1 heterocycles. The normalized spacial score (nSPS) is 10.6. The van der Waals surface area contributed by atoms with Crippen LogP contribution >= 0.6 is 27.5 Å². The molecule has 1 N–H and O–H groups in total. The van der Waals surface area contributed by atoms with Crippen molar-refractivity contribution >= 4 is 55.5 Å². The van der Waals surface area contributed by atoms with Crippen LogP contribution in [0.15, 0.2) is 53.1 Å². The summed E-state index contributed by atoms with van der Waals surface area (Å²) in [5, 5.41) is 15.2. The van der Waals surface area contributed by atoms with Gasteiger partial charge < -0.3 is 5.32 Å². The van der Waals surface area contributed by atoms with E-state index in [-0.39, 0.29) is 10.7 Å². The molecular formula is C15H9BrClN3O2. The molecule has 22 heavy (non-hydrogen) atoms. The van der Waals surface area contributed by atoms with E-state index in [1.165, 1.54) is 12.1 Å². The van der Waals surface area contributed by atoms with Crippen LogP contribution in [-0.2, 0) is 0 Å². The molecule has 0 aliphatic carbocycles. The van der Waals surface area contributed by atoms with Gasteiger partial charge in [0, 0.05) is 33.9 Å². The molecule has 110 valence electrons. The van der Waals surface area contributed by atoms with Crippen LogP contribution in [0.2, 0.25) is 5.02 Å². The lowest BCUT2D eigenvalue weighted by molar-refractivity contribution is -0.384. The molecular weight excluding hydrogens is 370 g/mol. The lowest BCUT2D eigenvalue weighted by Crippen LogP contribution is -1.95. The molecule has 0 amide bonds. The van der Waals surface area contributed by atoms with Gasteiger partial charge in [-0.05, 0) is 30.3 Å². The van der Waals surface area contributed by atoms with Crippen LogP contribution in [0.3, 0.4) is 0 Å². The Labute approximate surface area is 139 Å². The average Bonchev–Trinajstić information content (AvgIpc) is 2.49. The van der Waals surface area contributed by atoms with Crippen molar-refractivity contribution in [1.82, 2.24) is 4.98 Å². The van der Waals surface area contributed by atoms with E-state index in [1.807, 2.05) is 24.3 Å². The minimum absolute atomic E-state index is 0.0425. The fourth-order valence-corrected chi connectivity index (χ4v) is 2.67. The topological polar surface area (TPSA) is 68.1 Å². The van der Waals surface area contributed by atoms with Gasteiger partial charge in [-0.2, -0.15) is 0 Å². The maximum Gasteiger partial charge on any atom is 0.271 e. The quantitative estimate of drug-likeness (QED) is 0.496. The number of halogens is 2. The van der Waals surface area contributed by atoms with Gasteiger partial charge in [0.05, 0.1) is 21.2 Å². The van der Waals surface area contributed by atoms with E-state index < -0.39 is 4.92 Å². The zero-order valence-electron chi connectivity index (χ0n) is 11.1. The number of fused-ring (bicyclic) bond motifs is 1. The minimum atomic E-state index is -0.477. The van der Waals surface area contributed by atoms with Crippen LogP contribution in [0.4, 0.5) is 17.1 Å². The van der Waals surface area contributed by atoms with Gasteiger partial charge >= 0.3 is 0 Å². The van der Waals surface area contributed by atoms with Crippen molar-refractivity contribution in [2.75, 3.05) is 5.32 Å². The van der Waals surface area contributed by atoms with Crippen molar-refractivity contribution in [2.24, 2.45) is 0 Å². The number of nitro benzene ring substituents is 1. The van der Waals surface area contributed by atoms with Crippen LogP contribution < -0.4 is 5.32 Å². The first-order valence-corrected chi connectivity index (χ1v) is 7.47. The van der Waals surface area contributed by atoms with Gasteiger partial charge in [-0.15, -0.1) is 0 Å². The van der Waals surface area contributed by atoms with Gasteiger partial charge in [0.25, 0.3) is 5.69 Å². The van der Waals surface area contributed by atoms with Crippen LogP contribution in [0.5, 0.6) is 0 Å². The number of non-ortho nitro benzene ring substituents is 1. The molecule has 0 atom stereocenters. The lowest BCUT2D eigenvalue weighted by atomic mass is 10.2. The van der Waals surface area contributed by atoms with E-state index in [0.29, 0.717) is 5.69 Å². The van der Waals surface area contributed by atoms with Crippen molar-refractivity contribution in [3.63, 3.8) is 0 Å². The Hall–Kier alpha value is -2.18. The number of rotatable bonds is 3. The average molecular weight is 379 g/mol. The third-order valence-electron chi connectivity index (χ3n) is 3.14. The zero-order chi connectivity index (χ0) is 15.7. The molecule has 0 bridgehead atoms. The van der Waals surface area contributed by atoms with E-state index in [0.717, 1.165) is 21.1 Å². The fraction of sp³-hybridized carbons (Fsp3) is 0. The highest BCUT2D eigenvalue weighted by molar-refractivity contribution is 9.10. The maximum absolute atomic E-state index is 10.7. The smallest absolute Gasteiger partial charge is 0.271 e. The number of nitrogens with one attached hydrogen (secondary N) is 1. The van der Waals surface area contributed by atoms with Crippen LogP contribution in [0.1, 0.15) is 0 Å². The number of pyridine rings is 1. The third-order valence-corrected chi connectivity index (χ3v) is 3.94. The molecule has 7 heteroatoms. The van der Waals surface area contributed by atoms with Gasteiger partial charge in [0.1, 0.15) is 0 Å². The molecule has 5 nitrogen and oxygen atoms in total. The molecule has 0 aliphatic heterocycles. The molecule has 2 aromatic carbocycles.